The number of aliphatic hydroxyl groups excluding tert-OH is 1. The highest BCUT2D eigenvalue weighted by atomic mass is 16.3. The molecule has 0 aromatic heterocycles. The fraction of sp³-hybridized carbons (Fsp3) is 0. The van der Waals surface area contributed by atoms with Gasteiger partial charge in [-0.1, -0.05) is 0 Å². The van der Waals surface area contributed by atoms with Gasteiger partial charge in [0.2, 0.25) is 6.23 Å². The number of nitrogens with zero attached hydrogens (tertiary/aromatic N) is 1. The van der Waals surface area contributed by atoms with Crippen LogP contribution in [0.4, 0.5) is 0 Å². The zero-order valence-corrected chi connectivity index (χ0v) is 3.63. The van der Waals surface area contributed by atoms with Crippen LogP contribution < -0.4 is 5.43 Å². The molecule has 1 rings (SSSR count). The van der Waals surface area contributed by atoms with Gasteiger partial charge in [-0.3, -0.25) is 5.43 Å². The minimum absolute atomic E-state index is 0.0856. The van der Waals surface area contributed by atoms with Gasteiger partial charge in [0.1, 0.15) is 0 Å². The fourth-order valence-corrected chi connectivity index (χ4v) is 0.318. The summed E-state index contributed by atoms with van der Waals surface area (Å²) in [6.45, 7) is 0. The second-order valence-electron chi connectivity index (χ2n) is 1.13. The number of nitrogens with one attached hydrogen (secondary N) is 1. The lowest BCUT2D eigenvalue weighted by Gasteiger charge is -2.02. The lowest BCUT2D eigenvalue weighted by atomic mass is 10.4. The van der Waals surface area contributed by atoms with Crippen molar-refractivity contribution in [1.82, 2.24) is 5.43 Å². The normalized spacial score (nSPS) is 19.6. The van der Waals surface area contributed by atoms with Crippen LogP contribution in [-0.4, -0.2) is 11.3 Å². The summed E-state index contributed by atoms with van der Waals surface area (Å²) >= 11 is 0. The Kier molecular flexibility index (Phi) is 1.08. The molecular weight excluding hydrogens is 92.1 g/mol. The number of hydrogen-bond donors (Lipinski definition) is 2. The monoisotopic (exact) mass is 97.0 g/mol. The summed E-state index contributed by atoms with van der Waals surface area (Å²) in [5.74, 6) is 0. The molecule has 0 bridgehead atoms. The molecule has 1 radical (unpaired) electrons. The largest absolute Gasteiger partial charge is 0.362 e. The van der Waals surface area contributed by atoms with Crippen molar-refractivity contribution in [2.24, 2.45) is 5.10 Å². The third kappa shape index (κ3) is 1.01. The number of allylic oxidation sites excluding steroid dienone is 1. The molecule has 0 aliphatic carbocycles. The summed E-state index contributed by atoms with van der Waals surface area (Å²) in [6.07, 6.45) is 4.81. The quantitative estimate of drug-likeness (QED) is 0.446. The van der Waals surface area contributed by atoms with Gasteiger partial charge in [-0.05, 0) is 12.2 Å². The molecule has 0 amide bonds. The summed E-state index contributed by atoms with van der Waals surface area (Å²) in [5.41, 5.74) is 2.34. The zero-order valence-electron chi connectivity index (χ0n) is 3.63. The van der Waals surface area contributed by atoms with Gasteiger partial charge in [-0.2, -0.15) is 5.10 Å². The van der Waals surface area contributed by atoms with E-state index < -0.39 is 0 Å². The summed E-state index contributed by atoms with van der Waals surface area (Å²) in [6, 6.07) is 0. The van der Waals surface area contributed by atoms with Crippen LogP contribution in [0.25, 0.3) is 0 Å². The predicted octanol–water partition coefficient (Wildman–Crippen LogP) is -0.00641. The van der Waals surface area contributed by atoms with Gasteiger partial charge >= 0.3 is 0 Å². The first kappa shape index (κ1) is 4.33. The maximum atomic E-state index is 8.51. The van der Waals surface area contributed by atoms with E-state index in [1.54, 1.807) is 12.3 Å². The molecule has 1 aliphatic rings. The Morgan fingerprint density at radius 2 is 2.57 bits per heavy atom. The summed E-state index contributed by atoms with van der Waals surface area (Å²) in [4.78, 5) is 0. The third-order valence-corrected chi connectivity index (χ3v) is 0.594. The molecule has 3 heteroatoms. The first-order valence-electron chi connectivity index (χ1n) is 1.91. The van der Waals surface area contributed by atoms with Gasteiger partial charge in [0.25, 0.3) is 0 Å². The highest BCUT2D eigenvalue weighted by Gasteiger charge is 1.96. The maximum Gasteiger partial charge on any atom is 0.224 e. The van der Waals surface area contributed by atoms with E-state index >= 15 is 0 Å². The molecule has 0 spiro atoms. The van der Waals surface area contributed by atoms with Crippen molar-refractivity contribution in [2.45, 2.75) is 0 Å². The molecule has 1 aliphatic heterocycles. The van der Waals surface area contributed by atoms with Crippen molar-refractivity contribution >= 4 is 6.21 Å². The van der Waals surface area contributed by atoms with Crippen LogP contribution in [0.15, 0.2) is 17.3 Å². The first-order chi connectivity index (χ1) is 3.39. The maximum absolute atomic E-state index is 8.51. The van der Waals surface area contributed by atoms with Crippen molar-refractivity contribution in [3.8, 4) is 0 Å². The van der Waals surface area contributed by atoms with Crippen molar-refractivity contribution in [2.75, 3.05) is 0 Å². The van der Waals surface area contributed by atoms with E-state index in [2.05, 4.69) is 10.5 Å². The molecular formula is C4H5N2O. The van der Waals surface area contributed by atoms with Crippen LogP contribution in [0, 0.1) is 6.23 Å². The Morgan fingerprint density at radius 1 is 1.71 bits per heavy atom. The summed E-state index contributed by atoms with van der Waals surface area (Å²) < 4.78 is 0. The van der Waals surface area contributed by atoms with Crippen LogP contribution in [0.2, 0.25) is 0 Å². The zero-order chi connectivity index (χ0) is 5.11. The van der Waals surface area contributed by atoms with E-state index in [1.807, 2.05) is 0 Å². The van der Waals surface area contributed by atoms with Crippen LogP contribution in [-0.2, 0) is 0 Å². The number of aliphatic hydroxyl groups is 1. The topological polar surface area (TPSA) is 44.6 Å². The molecule has 3 nitrogen and oxygen atoms in total. The summed E-state index contributed by atoms with van der Waals surface area (Å²) in [7, 11) is 0. The van der Waals surface area contributed by atoms with Crippen LogP contribution in [0.1, 0.15) is 0 Å². The van der Waals surface area contributed by atoms with E-state index in [0.717, 1.165) is 0 Å². The van der Waals surface area contributed by atoms with E-state index in [0.29, 0.717) is 0 Å². The SMILES string of the molecule is O[C]1C=CC=NN1. The van der Waals surface area contributed by atoms with E-state index in [-0.39, 0.29) is 6.23 Å². The van der Waals surface area contributed by atoms with E-state index in [9.17, 15) is 0 Å². The number of hydrogen-bond acceptors (Lipinski definition) is 3. The lowest BCUT2D eigenvalue weighted by molar-refractivity contribution is 0.295. The molecule has 2 N–H and O–H groups in total. The van der Waals surface area contributed by atoms with Gasteiger partial charge in [0.05, 0.1) is 0 Å². The Labute approximate surface area is 41.3 Å². The minimum Gasteiger partial charge on any atom is -0.362 e. The third-order valence-electron chi connectivity index (χ3n) is 0.594. The smallest absolute Gasteiger partial charge is 0.224 e. The molecule has 0 aromatic carbocycles. The fourth-order valence-electron chi connectivity index (χ4n) is 0.318. The Bertz CT molecular complexity index is 108. The minimum atomic E-state index is 0.0856. The Hall–Kier alpha value is -0.830. The second-order valence-corrected chi connectivity index (χ2v) is 1.13. The number of rotatable bonds is 0. The molecule has 7 heavy (non-hydrogen) atoms. The van der Waals surface area contributed by atoms with Gasteiger partial charge in [0.15, 0.2) is 0 Å². The number of hydrazone groups is 1. The second kappa shape index (κ2) is 1.75. The Morgan fingerprint density at radius 3 is 2.86 bits per heavy atom. The molecule has 0 saturated heterocycles. The van der Waals surface area contributed by atoms with Gasteiger partial charge in [-0.25, -0.2) is 0 Å². The highest BCUT2D eigenvalue weighted by molar-refractivity contribution is 5.72. The highest BCUT2D eigenvalue weighted by Crippen LogP contribution is 1.91. The molecule has 0 fully saturated rings. The summed E-state index contributed by atoms with van der Waals surface area (Å²) in [5, 5.41) is 12.0. The van der Waals surface area contributed by atoms with Crippen molar-refractivity contribution in [1.29, 1.82) is 0 Å². The van der Waals surface area contributed by atoms with Gasteiger partial charge in [0, 0.05) is 6.21 Å². The van der Waals surface area contributed by atoms with Crippen molar-refractivity contribution in [3.05, 3.63) is 18.4 Å². The average molecular weight is 97.1 g/mol. The van der Waals surface area contributed by atoms with Crippen LogP contribution in [0.5, 0.6) is 0 Å². The molecule has 0 unspecified atom stereocenters. The van der Waals surface area contributed by atoms with Gasteiger partial charge < -0.3 is 5.11 Å². The molecule has 0 saturated carbocycles. The lowest BCUT2D eigenvalue weighted by Crippen LogP contribution is -2.14. The van der Waals surface area contributed by atoms with Crippen LogP contribution in [0.3, 0.4) is 0 Å². The Balaban J connectivity index is 2.49. The molecule has 0 aromatic rings. The molecule has 0 atom stereocenters. The van der Waals surface area contributed by atoms with Crippen LogP contribution >= 0.6 is 0 Å². The van der Waals surface area contributed by atoms with Gasteiger partial charge in [-0.15, -0.1) is 0 Å². The molecule has 1 heterocycles. The van der Waals surface area contributed by atoms with Crippen molar-refractivity contribution < 1.29 is 5.11 Å². The first-order valence-corrected chi connectivity index (χ1v) is 1.91. The molecule has 37 valence electrons. The van der Waals surface area contributed by atoms with E-state index in [1.165, 1.54) is 6.08 Å². The van der Waals surface area contributed by atoms with Crippen molar-refractivity contribution in [3.63, 3.8) is 0 Å². The standard InChI is InChI=1S/C4H5N2O/c7-4-2-1-3-5-6-4/h1-3,6-7H. The average Bonchev–Trinajstić information content (AvgIpc) is 1.69. The van der Waals surface area contributed by atoms with E-state index in [4.69, 9.17) is 5.11 Å². The predicted molar refractivity (Wildman–Crippen MR) is 25.9 cm³/mol.